The van der Waals surface area contributed by atoms with Crippen LogP contribution in [0.2, 0.25) is 0 Å². The van der Waals surface area contributed by atoms with Crippen LogP contribution in [0.3, 0.4) is 0 Å². The molecule has 0 amide bonds. The maximum atomic E-state index is 5.45. The van der Waals surface area contributed by atoms with Crippen molar-refractivity contribution >= 4 is 0 Å². The monoisotopic (exact) mass is 206 g/mol. The molecule has 1 aliphatic heterocycles. The first kappa shape index (κ1) is 11.0. The van der Waals surface area contributed by atoms with Gasteiger partial charge in [-0.3, -0.25) is 4.90 Å². The van der Waals surface area contributed by atoms with E-state index in [1.54, 1.807) is 0 Å². The van der Waals surface area contributed by atoms with Crippen molar-refractivity contribution in [2.24, 2.45) is 0 Å². The van der Waals surface area contributed by atoms with Gasteiger partial charge in [0.1, 0.15) is 0 Å². The van der Waals surface area contributed by atoms with Crippen LogP contribution in [-0.2, 0) is 0 Å². The van der Waals surface area contributed by atoms with E-state index in [-0.39, 0.29) is 0 Å². The van der Waals surface area contributed by atoms with Crippen LogP contribution in [-0.4, -0.2) is 36.1 Å². The van der Waals surface area contributed by atoms with Crippen LogP contribution >= 0.6 is 0 Å². The number of terminal acetylenes is 1. The van der Waals surface area contributed by atoms with Gasteiger partial charge in [-0.2, -0.15) is 0 Å². The van der Waals surface area contributed by atoms with E-state index in [9.17, 15) is 0 Å². The van der Waals surface area contributed by atoms with Gasteiger partial charge in [-0.05, 0) is 19.3 Å². The number of nitrogens with one attached hydrogen (secondary N) is 1. The maximum absolute atomic E-state index is 5.45. The molecule has 1 saturated carbocycles. The van der Waals surface area contributed by atoms with E-state index in [0.29, 0.717) is 11.6 Å². The molecule has 1 N–H and O–H groups in total. The highest BCUT2D eigenvalue weighted by atomic mass is 15.2. The summed E-state index contributed by atoms with van der Waals surface area (Å²) in [7, 11) is 0. The fourth-order valence-corrected chi connectivity index (χ4v) is 3.13. The van der Waals surface area contributed by atoms with E-state index < -0.39 is 0 Å². The maximum Gasteiger partial charge on any atom is 0.0602 e. The minimum atomic E-state index is 0.405. The number of nitrogens with zero attached hydrogens (tertiary/aromatic N) is 1. The third-order valence-corrected chi connectivity index (χ3v) is 4.06. The van der Waals surface area contributed by atoms with Crippen LogP contribution in [0, 0.1) is 12.3 Å². The van der Waals surface area contributed by atoms with E-state index in [4.69, 9.17) is 6.42 Å². The first-order valence-electron chi connectivity index (χ1n) is 6.22. The van der Waals surface area contributed by atoms with Gasteiger partial charge in [0.15, 0.2) is 0 Å². The Morgan fingerprint density at radius 1 is 1.47 bits per heavy atom. The zero-order valence-electron chi connectivity index (χ0n) is 9.76. The van der Waals surface area contributed by atoms with E-state index in [1.165, 1.54) is 32.1 Å². The molecule has 0 aromatic rings. The fraction of sp³-hybridized carbons (Fsp3) is 0.846. The lowest BCUT2D eigenvalue weighted by atomic mass is 9.92. The second kappa shape index (κ2) is 4.55. The average Bonchev–Trinajstić information content (AvgIpc) is 2.68. The molecule has 15 heavy (non-hydrogen) atoms. The Morgan fingerprint density at radius 3 is 2.80 bits per heavy atom. The van der Waals surface area contributed by atoms with E-state index >= 15 is 0 Å². The predicted octanol–water partition coefficient (Wildman–Crippen LogP) is 1.62. The first-order valence-corrected chi connectivity index (χ1v) is 6.22. The number of rotatable bonds is 2. The van der Waals surface area contributed by atoms with Crippen molar-refractivity contribution in [1.29, 1.82) is 0 Å². The lowest BCUT2D eigenvalue weighted by Crippen LogP contribution is -2.62. The lowest BCUT2D eigenvalue weighted by Gasteiger charge is -2.45. The fourth-order valence-electron chi connectivity index (χ4n) is 3.13. The molecule has 0 radical (unpaired) electrons. The summed E-state index contributed by atoms with van der Waals surface area (Å²) in [4.78, 5) is 2.50. The molecular weight excluding hydrogens is 184 g/mol. The van der Waals surface area contributed by atoms with Crippen molar-refractivity contribution in [3.63, 3.8) is 0 Å². The minimum absolute atomic E-state index is 0.405. The highest BCUT2D eigenvalue weighted by Gasteiger charge is 2.40. The molecule has 0 bridgehead atoms. The summed E-state index contributed by atoms with van der Waals surface area (Å²) in [6, 6.07) is 0.646. The largest absolute Gasteiger partial charge is 0.308 e. The third-order valence-electron chi connectivity index (χ3n) is 4.06. The molecular formula is C13H22N2. The molecule has 1 heterocycles. The van der Waals surface area contributed by atoms with Crippen LogP contribution in [0.1, 0.15) is 39.0 Å². The van der Waals surface area contributed by atoms with E-state index in [2.05, 4.69) is 23.1 Å². The quantitative estimate of drug-likeness (QED) is 0.691. The minimum Gasteiger partial charge on any atom is -0.308 e. The number of piperazine rings is 1. The third kappa shape index (κ3) is 2.19. The van der Waals surface area contributed by atoms with Gasteiger partial charge in [-0.15, -0.1) is 6.42 Å². The Bertz CT molecular complexity index is 248. The highest BCUT2D eigenvalue weighted by molar-refractivity contribution is 5.03. The molecule has 1 spiro atoms. The Labute approximate surface area is 93.4 Å². The van der Waals surface area contributed by atoms with E-state index in [0.717, 1.165) is 19.6 Å². The van der Waals surface area contributed by atoms with E-state index in [1.807, 2.05) is 0 Å². The molecule has 1 atom stereocenters. The zero-order valence-corrected chi connectivity index (χ0v) is 9.76. The van der Waals surface area contributed by atoms with Gasteiger partial charge >= 0.3 is 0 Å². The van der Waals surface area contributed by atoms with Gasteiger partial charge in [0.2, 0.25) is 0 Å². The summed E-state index contributed by atoms with van der Waals surface area (Å²) in [6.45, 7) is 5.36. The smallest absolute Gasteiger partial charge is 0.0602 e. The molecule has 2 nitrogen and oxygen atoms in total. The van der Waals surface area contributed by atoms with Crippen molar-refractivity contribution in [3.8, 4) is 12.3 Å². The van der Waals surface area contributed by atoms with Gasteiger partial charge in [-0.1, -0.05) is 25.7 Å². The Morgan fingerprint density at radius 2 is 2.20 bits per heavy atom. The van der Waals surface area contributed by atoms with Crippen LogP contribution in [0.25, 0.3) is 0 Å². The van der Waals surface area contributed by atoms with Crippen LogP contribution < -0.4 is 5.32 Å². The molecule has 0 aromatic heterocycles. The Hall–Kier alpha value is -0.520. The van der Waals surface area contributed by atoms with Gasteiger partial charge in [0.05, 0.1) is 6.54 Å². The average molecular weight is 206 g/mol. The summed E-state index contributed by atoms with van der Waals surface area (Å²) in [5, 5.41) is 3.77. The van der Waals surface area contributed by atoms with Gasteiger partial charge in [0.25, 0.3) is 0 Å². The topological polar surface area (TPSA) is 15.3 Å². The summed E-state index contributed by atoms with van der Waals surface area (Å²) < 4.78 is 0. The standard InChI is InChI=1S/C13H22N2/c1-3-9-15-11-13(7-5-6-8-13)14-10-12(15)4-2/h1,12,14H,4-11H2,2H3. The molecule has 1 aliphatic carbocycles. The van der Waals surface area contributed by atoms with Crippen molar-refractivity contribution < 1.29 is 0 Å². The highest BCUT2D eigenvalue weighted by Crippen LogP contribution is 2.33. The second-order valence-corrected chi connectivity index (χ2v) is 5.04. The summed E-state index contributed by atoms with van der Waals surface area (Å²) in [5.41, 5.74) is 0.405. The summed E-state index contributed by atoms with van der Waals surface area (Å²) in [6.07, 6.45) is 12.1. The van der Waals surface area contributed by atoms with Crippen LogP contribution in [0.5, 0.6) is 0 Å². The molecule has 1 saturated heterocycles. The van der Waals surface area contributed by atoms with Crippen LogP contribution in [0.15, 0.2) is 0 Å². The molecule has 2 aliphatic rings. The van der Waals surface area contributed by atoms with Gasteiger partial charge < -0.3 is 5.32 Å². The Balaban J connectivity index is 2.02. The van der Waals surface area contributed by atoms with Crippen molar-refractivity contribution in [2.45, 2.75) is 50.6 Å². The Kier molecular flexibility index (Phi) is 3.33. The first-order chi connectivity index (χ1) is 7.29. The molecule has 2 rings (SSSR count). The SMILES string of the molecule is C#CCN1CC2(CCCC2)NCC1CC. The number of hydrogen-bond acceptors (Lipinski definition) is 2. The van der Waals surface area contributed by atoms with Gasteiger partial charge in [-0.25, -0.2) is 0 Å². The van der Waals surface area contributed by atoms with Crippen molar-refractivity contribution in [2.75, 3.05) is 19.6 Å². The molecule has 0 aromatic carbocycles. The molecule has 84 valence electrons. The molecule has 1 unspecified atom stereocenters. The predicted molar refractivity (Wildman–Crippen MR) is 63.7 cm³/mol. The normalized spacial score (nSPS) is 30.5. The molecule has 2 fully saturated rings. The number of hydrogen-bond donors (Lipinski definition) is 1. The molecule has 2 heteroatoms. The zero-order chi connectivity index (χ0) is 10.7. The lowest BCUT2D eigenvalue weighted by molar-refractivity contribution is 0.0911. The van der Waals surface area contributed by atoms with Crippen molar-refractivity contribution in [1.82, 2.24) is 10.2 Å². The summed E-state index contributed by atoms with van der Waals surface area (Å²) in [5.74, 6) is 2.81. The second-order valence-electron chi connectivity index (χ2n) is 5.04. The van der Waals surface area contributed by atoms with Crippen LogP contribution in [0.4, 0.5) is 0 Å². The van der Waals surface area contributed by atoms with Crippen molar-refractivity contribution in [3.05, 3.63) is 0 Å². The van der Waals surface area contributed by atoms with Gasteiger partial charge in [0, 0.05) is 24.7 Å². The summed E-state index contributed by atoms with van der Waals surface area (Å²) >= 11 is 0.